The third kappa shape index (κ3) is 5.61. The molecular formula is C29H29Cl2FN4O4. The van der Waals surface area contributed by atoms with Crippen LogP contribution in [0.2, 0.25) is 10.0 Å². The summed E-state index contributed by atoms with van der Waals surface area (Å²) in [5.41, 5.74) is -0.0260. The summed E-state index contributed by atoms with van der Waals surface area (Å²) in [7, 11) is 1.61. The SMILES string of the molecule is CN(C(=O)Oc1ccc(F)cc1)C1CN(C(=O)C2CCN(C(=O)C3(C#N)CC3)CC2)CC1c1ccc(Cl)c(Cl)c1. The lowest BCUT2D eigenvalue weighted by molar-refractivity contribution is -0.141. The fourth-order valence-electron chi connectivity index (χ4n) is 5.63. The van der Waals surface area contributed by atoms with Gasteiger partial charge in [0.05, 0.1) is 22.2 Å². The van der Waals surface area contributed by atoms with Crippen LogP contribution >= 0.6 is 23.2 Å². The number of rotatable bonds is 5. The average Bonchev–Trinajstić information content (AvgIpc) is 3.65. The molecule has 2 aromatic carbocycles. The van der Waals surface area contributed by atoms with Crippen LogP contribution in [0.4, 0.5) is 9.18 Å². The number of likely N-dealkylation sites (tertiary alicyclic amines) is 2. The molecule has 0 bridgehead atoms. The average molecular weight is 587 g/mol. The van der Waals surface area contributed by atoms with Gasteiger partial charge in [0.1, 0.15) is 17.0 Å². The molecule has 8 nitrogen and oxygen atoms in total. The summed E-state index contributed by atoms with van der Waals surface area (Å²) in [6.07, 6.45) is 1.61. The van der Waals surface area contributed by atoms with E-state index in [1.165, 1.54) is 29.2 Å². The highest BCUT2D eigenvalue weighted by atomic mass is 35.5. The van der Waals surface area contributed by atoms with Gasteiger partial charge in [-0.3, -0.25) is 9.59 Å². The van der Waals surface area contributed by atoms with Crippen molar-refractivity contribution in [1.29, 1.82) is 5.26 Å². The summed E-state index contributed by atoms with van der Waals surface area (Å²) in [5.74, 6) is -0.891. The first kappa shape index (κ1) is 28.2. The Hall–Kier alpha value is -3.35. The second-order valence-corrected chi connectivity index (χ2v) is 11.6. The molecule has 2 unspecified atom stereocenters. The minimum Gasteiger partial charge on any atom is -0.410 e. The third-order valence-corrected chi connectivity index (χ3v) is 9.02. The first-order chi connectivity index (χ1) is 19.1. The van der Waals surface area contributed by atoms with Gasteiger partial charge in [0.2, 0.25) is 11.8 Å². The number of amides is 3. The fraction of sp³-hybridized carbons (Fsp3) is 0.448. The molecule has 40 heavy (non-hydrogen) atoms. The second-order valence-electron chi connectivity index (χ2n) is 10.8. The third-order valence-electron chi connectivity index (χ3n) is 8.28. The van der Waals surface area contributed by atoms with Crippen molar-refractivity contribution in [3.8, 4) is 11.8 Å². The molecular weight excluding hydrogens is 558 g/mol. The maximum absolute atomic E-state index is 13.7. The van der Waals surface area contributed by atoms with E-state index in [0.717, 1.165) is 5.56 Å². The van der Waals surface area contributed by atoms with Crippen molar-refractivity contribution in [3.05, 3.63) is 63.9 Å². The predicted octanol–water partition coefficient (Wildman–Crippen LogP) is 5.10. The first-order valence-corrected chi connectivity index (χ1v) is 14.0. The van der Waals surface area contributed by atoms with Crippen molar-refractivity contribution in [2.75, 3.05) is 33.2 Å². The van der Waals surface area contributed by atoms with Crippen LogP contribution in [0.5, 0.6) is 5.75 Å². The zero-order valence-electron chi connectivity index (χ0n) is 22.0. The number of ether oxygens (including phenoxy) is 1. The monoisotopic (exact) mass is 586 g/mol. The van der Waals surface area contributed by atoms with Crippen LogP contribution in [0, 0.1) is 28.5 Å². The molecule has 0 aromatic heterocycles. The Kier molecular flexibility index (Phi) is 7.94. The summed E-state index contributed by atoms with van der Waals surface area (Å²) in [6, 6.07) is 12.2. The standard InChI is InChI=1S/C29H29Cl2FN4O4/c1-34(28(39)40-21-5-3-20(32)4-6-21)25-16-36(15-22(25)19-2-7-23(30)24(31)14-19)26(37)18-8-12-35(13-9-18)27(38)29(17-33)10-11-29/h2-7,14,18,22,25H,8-13,15-16H2,1H3. The number of halogens is 3. The van der Waals surface area contributed by atoms with Crippen molar-refractivity contribution in [1.82, 2.24) is 14.7 Å². The normalized spacial score (nSPS) is 22.0. The van der Waals surface area contributed by atoms with Gasteiger partial charge >= 0.3 is 6.09 Å². The minimum atomic E-state index is -0.862. The molecule has 5 rings (SSSR count). The Morgan fingerprint density at radius 1 is 1.02 bits per heavy atom. The van der Waals surface area contributed by atoms with Crippen LogP contribution in [-0.2, 0) is 9.59 Å². The van der Waals surface area contributed by atoms with Crippen molar-refractivity contribution < 1.29 is 23.5 Å². The molecule has 3 amide bonds. The number of hydrogen-bond donors (Lipinski definition) is 0. The maximum atomic E-state index is 13.7. The summed E-state index contributed by atoms with van der Waals surface area (Å²) < 4.78 is 18.8. The molecule has 11 heteroatoms. The molecule has 0 spiro atoms. The molecule has 1 saturated carbocycles. The zero-order valence-corrected chi connectivity index (χ0v) is 23.5. The number of benzene rings is 2. The van der Waals surface area contributed by atoms with E-state index >= 15 is 0 Å². The zero-order chi connectivity index (χ0) is 28.6. The topological polar surface area (TPSA) is 93.9 Å². The van der Waals surface area contributed by atoms with Crippen LogP contribution < -0.4 is 4.74 Å². The molecule has 2 saturated heterocycles. The summed E-state index contributed by atoms with van der Waals surface area (Å²) in [4.78, 5) is 44.4. The number of carbonyl (C=O) groups is 3. The quantitative estimate of drug-likeness (QED) is 0.486. The fourth-order valence-corrected chi connectivity index (χ4v) is 5.94. The van der Waals surface area contributed by atoms with Crippen LogP contribution in [0.15, 0.2) is 42.5 Å². The first-order valence-electron chi connectivity index (χ1n) is 13.3. The molecule has 2 aromatic rings. The number of hydrogen-bond acceptors (Lipinski definition) is 5. The van der Waals surface area contributed by atoms with Crippen LogP contribution in [0.3, 0.4) is 0 Å². The molecule has 3 aliphatic rings. The molecule has 0 radical (unpaired) electrons. The van der Waals surface area contributed by atoms with E-state index < -0.39 is 23.4 Å². The van der Waals surface area contributed by atoms with Crippen LogP contribution in [0.1, 0.15) is 37.2 Å². The number of nitrogens with zero attached hydrogens (tertiary/aromatic N) is 4. The van der Waals surface area contributed by atoms with Crippen LogP contribution in [0.25, 0.3) is 0 Å². The summed E-state index contributed by atoms with van der Waals surface area (Å²) in [6.45, 7) is 1.54. The largest absolute Gasteiger partial charge is 0.415 e. The lowest BCUT2D eigenvalue weighted by atomic mass is 9.93. The molecule has 0 N–H and O–H groups in total. The summed E-state index contributed by atoms with van der Waals surface area (Å²) in [5, 5.41) is 10.2. The van der Waals surface area contributed by atoms with Crippen molar-refractivity contribution >= 4 is 41.1 Å². The van der Waals surface area contributed by atoms with Crippen molar-refractivity contribution in [2.24, 2.45) is 11.3 Å². The lowest BCUT2D eigenvalue weighted by Gasteiger charge is -2.34. The van der Waals surface area contributed by atoms with E-state index in [1.54, 1.807) is 29.0 Å². The van der Waals surface area contributed by atoms with Gasteiger partial charge < -0.3 is 19.4 Å². The van der Waals surface area contributed by atoms with Crippen molar-refractivity contribution in [2.45, 2.75) is 37.6 Å². The molecule has 3 fully saturated rings. The molecule has 2 atom stereocenters. The Bertz CT molecular complexity index is 1350. The van der Waals surface area contributed by atoms with E-state index in [9.17, 15) is 24.0 Å². The van der Waals surface area contributed by atoms with Crippen LogP contribution in [-0.4, -0.2) is 71.9 Å². The van der Waals surface area contributed by atoms with Gasteiger partial charge in [0.25, 0.3) is 0 Å². The number of nitriles is 1. The Labute approximate surface area is 242 Å². The van der Waals surface area contributed by atoms with Gasteiger partial charge in [-0.15, -0.1) is 0 Å². The number of likely N-dealkylation sites (N-methyl/N-ethyl adjacent to an activating group) is 1. The predicted molar refractivity (Wildman–Crippen MR) is 146 cm³/mol. The molecule has 2 aliphatic heterocycles. The maximum Gasteiger partial charge on any atom is 0.415 e. The van der Waals surface area contributed by atoms with E-state index in [-0.39, 0.29) is 35.9 Å². The smallest absolute Gasteiger partial charge is 0.410 e. The number of piperidine rings is 1. The van der Waals surface area contributed by atoms with Gasteiger partial charge in [-0.25, -0.2) is 9.18 Å². The van der Waals surface area contributed by atoms with Crippen molar-refractivity contribution in [3.63, 3.8) is 0 Å². The van der Waals surface area contributed by atoms with E-state index in [0.29, 0.717) is 55.4 Å². The van der Waals surface area contributed by atoms with E-state index in [4.69, 9.17) is 27.9 Å². The minimum absolute atomic E-state index is 0.0265. The molecule has 1 aliphatic carbocycles. The summed E-state index contributed by atoms with van der Waals surface area (Å²) >= 11 is 12.4. The highest BCUT2D eigenvalue weighted by Crippen LogP contribution is 2.47. The second kappa shape index (κ2) is 11.3. The molecule has 210 valence electrons. The van der Waals surface area contributed by atoms with Gasteiger partial charge in [-0.05, 0) is 67.6 Å². The van der Waals surface area contributed by atoms with Gasteiger partial charge in [0, 0.05) is 45.1 Å². The number of carbonyl (C=O) groups excluding carboxylic acids is 3. The van der Waals surface area contributed by atoms with Gasteiger partial charge in [-0.1, -0.05) is 29.3 Å². The highest BCUT2D eigenvalue weighted by molar-refractivity contribution is 6.42. The van der Waals surface area contributed by atoms with Gasteiger partial charge in [0.15, 0.2) is 0 Å². The van der Waals surface area contributed by atoms with E-state index in [2.05, 4.69) is 6.07 Å². The van der Waals surface area contributed by atoms with Gasteiger partial charge in [-0.2, -0.15) is 5.26 Å². The Balaban J connectivity index is 1.29. The lowest BCUT2D eigenvalue weighted by Crippen LogP contribution is -2.47. The van der Waals surface area contributed by atoms with E-state index in [1.807, 2.05) is 6.07 Å². The Morgan fingerprint density at radius 2 is 1.70 bits per heavy atom. The highest BCUT2D eigenvalue weighted by Gasteiger charge is 2.53. The molecule has 2 heterocycles. The Morgan fingerprint density at radius 3 is 2.30 bits per heavy atom.